The molecule has 3 rings (SSSR count). The van der Waals surface area contributed by atoms with Gasteiger partial charge in [-0.1, -0.05) is 12.8 Å². The Balaban J connectivity index is 2.00. The topological polar surface area (TPSA) is 75.3 Å². The minimum absolute atomic E-state index is 0.143. The van der Waals surface area contributed by atoms with Crippen LogP contribution in [0.5, 0.6) is 0 Å². The third-order valence-electron chi connectivity index (χ3n) is 3.90. The Morgan fingerprint density at radius 1 is 1.43 bits per heavy atom. The van der Waals surface area contributed by atoms with Crippen LogP contribution in [0.3, 0.4) is 0 Å². The van der Waals surface area contributed by atoms with Crippen LogP contribution < -0.4 is 10.6 Å². The van der Waals surface area contributed by atoms with E-state index in [0.717, 1.165) is 21.3 Å². The van der Waals surface area contributed by atoms with Gasteiger partial charge in [0.25, 0.3) is 0 Å². The van der Waals surface area contributed by atoms with Gasteiger partial charge in [0, 0.05) is 23.7 Å². The number of nitrogen functional groups attached to an aromatic ring is 1. The van der Waals surface area contributed by atoms with E-state index in [-0.39, 0.29) is 6.61 Å². The number of thiazole rings is 1. The predicted octanol–water partition coefficient (Wildman–Crippen LogP) is 2.90. The Bertz CT molecular complexity index is 604. The van der Waals surface area contributed by atoms with Gasteiger partial charge < -0.3 is 15.7 Å². The zero-order valence-corrected chi connectivity index (χ0v) is 13.7. The van der Waals surface area contributed by atoms with Crippen LogP contribution in [0.15, 0.2) is 5.38 Å². The summed E-state index contributed by atoms with van der Waals surface area (Å²) in [6.45, 7) is 2.76. The zero-order chi connectivity index (χ0) is 14.8. The minimum Gasteiger partial charge on any atom is -0.395 e. The summed E-state index contributed by atoms with van der Waals surface area (Å²) >= 11 is 3.02. The highest BCUT2D eigenvalue weighted by molar-refractivity contribution is 7.15. The second-order valence-electron chi connectivity index (χ2n) is 5.40. The van der Waals surface area contributed by atoms with Crippen molar-refractivity contribution in [3.8, 4) is 10.6 Å². The Labute approximate surface area is 132 Å². The number of nitrogens with zero attached hydrogens (tertiary/aromatic N) is 3. The fraction of sp³-hybridized carbons (Fsp3) is 0.571. The fourth-order valence-corrected chi connectivity index (χ4v) is 4.76. The van der Waals surface area contributed by atoms with Crippen LogP contribution >= 0.6 is 22.9 Å². The van der Waals surface area contributed by atoms with E-state index < -0.39 is 0 Å². The van der Waals surface area contributed by atoms with Crippen molar-refractivity contribution in [2.75, 3.05) is 23.8 Å². The van der Waals surface area contributed by atoms with Crippen molar-refractivity contribution >= 4 is 33.7 Å². The van der Waals surface area contributed by atoms with Gasteiger partial charge in [-0.05, 0) is 31.3 Å². The van der Waals surface area contributed by atoms with E-state index in [4.69, 9.17) is 5.73 Å². The van der Waals surface area contributed by atoms with Crippen molar-refractivity contribution in [2.45, 2.75) is 38.6 Å². The van der Waals surface area contributed by atoms with Crippen LogP contribution in [-0.4, -0.2) is 33.7 Å². The number of aryl methyl sites for hydroxylation is 1. The second-order valence-corrected chi connectivity index (χ2v) is 7.01. The number of nitrogens with two attached hydrogens (primary N) is 1. The molecule has 2 aromatic rings. The number of hydrogen-bond acceptors (Lipinski definition) is 7. The summed E-state index contributed by atoms with van der Waals surface area (Å²) in [7, 11) is 0. The molecular formula is C14H20N4OS2. The van der Waals surface area contributed by atoms with Gasteiger partial charge >= 0.3 is 0 Å². The molecule has 2 heterocycles. The largest absolute Gasteiger partial charge is 0.395 e. The van der Waals surface area contributed by atoms with Crippen LogP contribution in [0.25, 0.3) is 10.6 Å². The molecule has 0 aromatic carbocycles. The summed E-state index contributed by atoms with van der Waals surface area (Å²) in [4.78, 5) is 6.84. The van der Waals surface area contributed by atoms with E-state index in [1.54, 1.807) is 11.3 Å². The highest BCUT2D eigenvalue weighted by Gasteiger charge is 2.28. The summed E-state index contributed by atoms with van der Waals surface area (Å²) in [5, 5.41) is 13.4. The number of aliphatic hydroxyl groups excluding tert-OH is 1. The maximum absolute atomic E-state index is 9.43. The molecule has 3 N–H and O–H groups in total. The molecule has 0 unspecified atom stereocenters. The van der Waals surface area contributed by atoms with E-state index in [2.05, 4.69) is 14.3 Å². The van der Waals surface area contributed by atoms with E-state index in [0.29, 0.717) is 18.4 Å². The summed E-state index contributed by atoms with van der Waals surface area (Å²) in [5.41, 5.74) is 8.04. The first kappa shape index (κ1) is 14.7. The Hall–Kier alpha value is -1.18. The van der Waals surface area contributed by atoms with Gasteiger partial charge in [0.15, 0.2) is 0 Å². The monoisotopic (exact) mass is 324 g/mol. The number of anilines is 2. The van der Waals surface area contributed by atoms with Gasteiger partial charge in [0.05, 0.1) is 12.2 Å². The summed E-state index contributed by atoms with van der Waals surface area (Å²) in [5.74, 6) is 0.547. The molecule has 0 atom stereocenters. The highest BCUT2D eigenvalue weighted by atomic mass is 32.1. The molecule has 0 radical (unpaired) electrons. The van der Waals surface area contributed by atoms with Gasteiger partial charge in [-0.15, -0.1) is 11.3 Å². The standard InChI is InChI=1S/C14H20N4OS2/c1-9-8-20-13(16-9)11-12(15)17-21-14(11)18(6-7-19)10-4-2-3-5-10/h8,10,19H,2-7H2,1H3,(H2,15,17). The van der Waals surface area contributed by atoms with Crippen molar-refractivity contribution in [1.82, 2.24) is 9.36 Å². The molecule has 7 heteroatoms. The normalized spacial score (nSPS) is 15.7. The first-order chi connectivity index (χ1) is 10.2. The predicted molar refractivity (Wildman–Crippen MR) is 89.1 cm³/mol. The molecule has 5 nitrogen and oxygen atoms in total. The third-order valence-corrected chi connectivity index (χ3v) is 5.78. The van der Waals surface area contributed by atoms with Crippen molar-refractivity contribution in [3.63, 3.8) is 0 Å². The van der Waals surface area contributed by atoms with E-state index >= 15 is 0 Å². The van der Waals surface area contributed by atoms with Crippen molar-refractivity contribution in [1.29, 1.82) is 0 Å². The third kappa shape index (κ3) is 2.90. The molecule has 0 spiro atoms. The zero-order valence-electron chi connectivity index (χ0n) is 12.1. The lowest BCUT2D eigenvalue weighted by atomic mass is 10.2. The number of aliphatic hydroxyl groups is 1. The Morgan fingerprint density at radius 3 is 2.81 bits per heavy atom. The van der Waals surface area contributed by atoms with Gasteiger partial charge in [0.1, 0.15) is 15.8 Å². The number of rotatable bonds is 5. The maximum Gasteiger partial charge on any atom is 0.149 e. The van der Waals surface area contributed by atoms with Gasteiger partial charge in [-0.2, -0.15) is 4.37 Å². The molecule has 114 valence electrons. The van der Waals surface area contributed by atoms with Gasteiger partial charge in [-0.3, -0.25) is 0 Å². The molecule has 1 aliphatic rings. The smallest absolute Gasteiger partial charge is 0.149 e. The Morgan fingerprint density at radius 2 is 2.19 bits per heavy atom. The molecule has 0 amide bonds. The van der Waals surface area contributed by atoms with Crippen LogP contribution in [0, 0.1) is 6.92 Å². The molecule has 1 saturated carbocycles. The first-order valence-electron chi connectivity index (χ1n) is 7.26. The fourth-order valence-electron chi connectivity index (χ4n) is 2.93. The summed E-state index contributed by atoms with van der Waals surface area (Å²) < 4.78 is 4.34. The number of hydrogen-bond donors (Lipinski definition) is 2. The van der Waals surface area contributed by atoms with E-state index in [1.807, 2.05) is 12.3 Å². The lowest BCUT2D eigenvalue weighted by Gasteiger charge is -2.29. The van der Waals surface area contributed by atoms with Crippen LogP contribution in [-0.2, 0) is 0 Å². The summed E-state index contributed by atoms with van der Waals surface area (Å²) in [6, 6.07) is 0.483. The van der Waals surface area contributed by atoms with Crippen LogP contribution in [0.1, 0.15) is 31.4 Å². The average molecular weight is 324 g/mol. The molecule has 2 aromatic heterocycles. The minimum atomic E-state index is 0.143. The first-order valence-corrected chi connectivity index (χ1v) is 8.91. The van der Waals surface area contributed by atoms with Crippen molar-refractivity contribution in [2.24, 2.45) is 0 Å². The van der Waals surface area contributed by atoms with Crippen molar-refractivity contribution < 1.29 is 5.11 Å². The molecule has 1 fully saturated rings. The van der Waals surface area contributed by atoms with E-state index in [9.17, 15) is 5.11 Å². The van der Waals surface area contributed by atoms with Crippen LogP contribution in [0.2, 0.25) is 0 Å². The van der Waals surface area contributed by atoms with Gasteiger partial charge in [0.2, 0.25) is 0 Å². The number of aromatic nitrogens is 2. The lowest BCUT2D eigenvalue weighted by molar-refractivity contribution is 0.297. The molecule has 0 aliphatic heterocycles. The van der Waals surface area contributed by atoms with Crippen LogP contribution in [0.4, 0.5) is 10.8 Å². The Kier molecular flexibility index (Phi) is 4.42. The average Bonchev–Trinajstić information content (AvgIpc) is 3.17. The molecular weight excluding hydrogens is 304 g/mol. The SMILES string of the molecule is Cc1csc(-c2c(N)nsc2N(CCO)C2CCCC2)n1. The maximum atomic E-state index is 9.43. The quantitative estimate of drug-likeness (QED) is 0.884. The summed E-state index contributed by atoms with van der Waals surface area (Å²) in [6.07, 6.45) is 4.86. The van der Waals surface area contributed by atoms with E-state index in [1.165, 1.54) is 37.2 Å². The van der Waals surface area contributed by atoms with Crippen molar-refractivity contribution in [3.05, 3.63) is 11.1 Å². The molecule has 1 aliphatic carbocycles. The molecule has 0 saturated heterocycles. The van der Waals surface area contributed by atoms with Gasteiger partial charge in [-0.25, -0.2) is 4.98 Å². The highest BCUT2D eigenvalue weighted by Crippen LogP contribution is 2.42. The molecule has 0 bridgehead atoms. The lowest BCUT2D eigenvalue weighted by Crippen LogP contribution is -2.35. The molecule has 21 heavy (non-hydrogen) atoms. The second kappa shape index (κ2) is 6.29.